The molecule has 0 N–H and O–H groups in total. The molecule has 0 radical (unpaired) electrons. The average Bonchev–Trinajstić information content (AvgIpc) is 2.68. The summed E-state index contributed by atoms with van der Waals surface area (Å²) in [4.78, 5) is 37.2. The Balaban J connectivity index is 1.87. The lowest BCUT2D eigenvalue weighted by Gasteiger charge is -2.10. The number of ketones is 1. The van der Waals surface area contributed by atoms with Gasteiger partial charge in [0.15, 0.2) is 18.1 Å². The first-order valence-corrected chi connectivity index (χ1v) is 8.84. The van der Waals surface area contributed by atoms with E-state index >= 15 is 0 Å². The monoisotopic (exact) mass is 384 g/mol. The number of fused-ring (bicyclic) bond motifs is 1. The zero-order valence-corrected chi connectivity index (χ0v) is 15.4. The maximum Gasteiger partial charge on any atom is 0.359 e. The van der Waals surface area contributed by atoms with E-state index in [2.05, 4.69) is 5.10 Å². The summed E-state index contributed by atoms with van der Waals surface area (Å²) in [5, 5.41) is 5.45. The average molecular weight is 385 g/mol. The largest absolute Gasteiger partial charge is 0.452 e. The van der Waals surface area contributed by atoms with Crippen LogP contribution in [0.5, 0.6) is 0 Å². The van der Waals surface area contributed by atoms with Crippen LogP contribution in [0.15, 0.2) is 53.3 Å². The number of ether oxygens (including phenoxy) is 1. The second-order valence-corrected chi connectivity index (χ2v) is 6.37. The van der Waals surface area contributed by atoms with Gasteiger partial charge in [0.2, 0.25) is 0 Å². The highest BCUT2D eigenvalue weighted by atomic mass is 35.5. The summed E-state index contributed by atoms with van der Waals surface area (Å²) >= 11 is 5.80. The minimum Gasteiger partial charge on any atom is -0.452 e. The Morgan fingerprint density at radius 3 is 2.41 bits per heavy atom. The molecule has 27 heavy (non-hydrogen) atoms. The summed E-state index contributed by atoms with van der Waals surface area (Å²) < 4.78 is 6.41. The summed E-state index contributed by atoms with van der Waals surface area (Å²) in [6.07, 6.45) is 0.689. The van der Waals surface area contributed by atoms with Gasteiger partial charge >= 0.3 is 5.97 Å². The van der Waals surface area contributed by atoms with E-state index in [0.29, 0.717) is 34.3 Å². The molecule has 3 aromatic rings. The van der Waals surface area contributed by atoms with E-state index in [9.17, 15) is 14.4 Å². The Morgan fingerprint density at radius 1 is 1.07 bits per heavy atom. The molecule has 0 saturated carbocycles. The Labute approximate surface area is 160 Å². The van der Waals surface area contributed by atoms with Gasteiger partial charge in [-0.15, -0.1) is 0 Å². The molecule has 0 aliphatic carbocycles. The van der Waals surface area contributed by atoms with Gasteiger partial charge in [0.1, 0.15) is 0 Å². The minimum atomic E-state index is -0.752. The van der Waals surface area contributed by atoms with Gasteiger partial charge in [0, 0.05) is 22.5 Å². The van der Waals surface area contributed by atoms with E-state index in [-0.39, 0.29) is 17.0 Å². The van der Waals surface area contributed by atoms with Crippen LogP contribution in [0.2, 0.25) is 5.02 Å². The number of aryl methyl sites for hydroxylation is 1. The zero-order chi connectivity index (χ0) is 19.4. The van der Waals surface area contributed by atoms with E-state index in [0.717, 1.165) is 0 Å². The molecule has 0 atom stereocenters. The van der Waals surface area contributed by atoms with Crippen molar-refractivity contribution in [2.45, 2.75) is 19.9 Å². The van der Waals surface area contributed by atoms with Gasteiger partial charge < -0.3 is 4.74 Å². The predicted octanol–water partition coefficient (Wildman–Crippen LogP) is 3.50. The van der Waals surface area contributed by atoms with E-state index in [1.807, 2.05) is 6.92 Å². The van der Waals surface area contributed by atoms with Gasteiger partial charge in [-0.05, 0) is 36.8 Å². The maximum atomic E-state index is 12.5. The van der Waals surface area contributed by atoms with Gasteiger partial charge in [0.05, 0.1) is 5.39 Å². The van der Waals surface area contributed by atoms with Crippen molar-refractivity contribution in [3.05, 3.63) is 75.2 Å². The van der Waals surface area contributed by atoms with Crippen LogP contribution in [0.25, 0.3) is 10.8 Å². The molecule has 0 bridgehead atoms. The summed E-state index contributed by atoms with van der Waals surface area (Å²) in [7, 11) is 0. The van der Waals surface area contributed by atoms with Crippen molar-refractivity contribution >= 4 is 34.1 Å². The number of Topliss-reactive ketones (excluding diaryl/α,β-unsaturated/α-hetero) is 1. The molecule has 1 heterocycles. The molecule has 0 aliphatic heterocycles. The molecule has 6 nitrogen and oxygen atoms in total. The van der Waals surface area contributed by atoms with Gasteiger partial charge in [-0.2, -0.15) is 5.10 Å². The third-order valence-corrected chi connectivity index (χ3v) is 4.25. The SMILES string of the molecule is CCCn1nc(C(=O)OCC(=O)c2ccc(Cl)cc2)c2ccccc2c1=O. The lowest BCUT2D eigenvalue weighted by atomic mass is 10.1. The van der Waals surface area contributed by atoms with Crippen LogP contribution in [-0.4, -0.2) is 28.1 Å². The normalized spacial score (nSPS) is 10.7. The molecule has 0 saturated heterocycles. The molecule has 0 aliphatic rings. The number of benzene rings is 2. The molecule has 0 spiro atoms. The third kappa shape index (κ3) is 4.06. The van der Waals surface area contributed by atoms with Crippen molar-refractivity contribution in [1.82, 2.24) is 9.78 Å². The Morgan fingerprint density at radius 2 is 1.74 bits per heavy atom. The Bertz CT molecular complexity index is 1060. The van der Waals surface area contributed by atoms with Gasteiger partial charge in [-0.25, -0.2) is 9.48 Å². The number of esters is 1. The molecule has 3 rings (SSSR count). The maximum absolute atomic E-state index is 12.5. The lowest BCUT2D eigenvalue weighted by Crippen LogP contribution is -2.27. The third-order valence-electron chi connectivity index (χ3n) is 4.00. The number of aromatic nitrogens is 2. The summed E-state index contributed by atoms with van der Waals surface area (Å²) in [5.74, 6) is -1.11. The predicted molar refractivity (Wildman–Crippen MR) is 102 cm³/mol. The molecule has 2 aromatic carbocycles. The lowest BCUT2D eigenvalue weighted by molar-refractivity contribution is 0.0468. The van der Waals surface area contributed by atoms with Crippen molar-refractivity contribution in [2.75, 3.05) is 6.61 Å². The molecule has 0 fully saturated rings. The Hall–Kier alpha value is -2.99. The van der Waals surface area contributed by atoms with Gasteiger partial charge in [-0.1, -0.05) is 36.7 Å². The van der Waals surface area contributed by atoms with Crippen molar-refractivity contribution in [3.8, 4) is 0 Å². The molecular weight excluding hydrogens is 368 g/mol. The number of nitrogens with zero attached hydrogens (tertiary/aromatic N) is 2. The van der Waals surface area contributed by atoms with Gasteiger partial charge in [-0.3, -0.25) is 9.59 Å². The first-order chi connectivity index (χ1) is 13.0. The molecule has 1 aromatic heterocycles. The smallest absolute Gasteiger partial charge is 0.359 e. The second-order valence-electron chi connectivity index (χ2n) is 5.93. The van der Waals surface area contributed by atoms with E-state index in [1.54, 1.807) is 48.5 Å². The van der Waals surface area contributed by atoms with Crippen molar-refractivity contribution < 1.29 is 14.3 Å². The highest BCUT2D eigenvalue weighted by Gasteiger charge is 2.19. The van der Waals surface area contributed by atoms with E-state index < -0.39 is 12.6 Å². The van der Waals surface area contributed by atoms with Crippen LogP contribution in [-0.2, 0) is 11.3 Å². The fraction of sp³-hybridized carbons (Fsp3) is 0.200. The van der Waals surface area contributed by atoms with Crippen LogP contribution in [0.3, 0.4) is 0 Å². The highest BCUT2D eigenvalue weighted by molar-refractivity contribution is 6.30. The molecule has 0 unspecified atom stereocenters. The first kappa shape index (κ1) is 18.8. The quantitative estimate of drug-likeness (QED) is 0.480. The number of hydrogen-bond acceptors (Lipinski definition) is 5. The Kier molecular flexibility index (Phi) is 5.66. The van der Waals surface area contributed by atoms with E-state index in [4.69, 9.17) is 16.3 Å². The fourth-order valence-corrected chi connectivity index (χ4v) is 2.79. The van der Waals surface area contributed by atoms with Crippen LogP contribution < -0.4 is 5.56 Å². The van der Waals surface area contributed by atoms with Crippen molar-refractivity contribution in [3.63, 3.8) is 0 Å². The first-order valence-electron chi connectivity index (χ1n) is 8.47. The van der Waals surface area contributed by atoms with Crippen LogP contribution >= 0.6 is 11.6 Å². The topological polar surface area (TPSA) is 78.3 Å². The highest BCUT2D eigenvalue weighted by Crippen LogP contribution is 2.15. The summed E-state index contributed by atoms with van der Waals surface area (Å²) in [6, 6.07) is 13.0. The summed E-state index contributed by atoms with van der Waals surface area (Å²) in [5.41, 5.74) is 0.143. The number of rotatable bonds is 6. The summed E-state index contributed by atoms with van der Waals surface area (Å²) in [6.45, 7) is 1.86. The fourth-order valence-electron chi connectivity index (χ4n) is 2.67. The number of halogens is 1. The zero-order valence-electron chi connectivity index (χ0n) is 14.6. The van der Waals surface area contributed by atoms with Crippen LogP contribution in [0.1, 0.15) is 34.2 Å². The molecule has 138 valence electrons. The number of hydrogen-bond donors (Lipinski definition) is 0. The van der Waals surface area contributed by atoms with Crippen LogP contribution in [0.4, 0.5) is 0 Å². The number of carbonyl (C=O) groups is 2. The second kappa shape index (κ2) is 8.14. The van der Waals surface area contributed by atoms with Crippen molar-refractivity contribution in [1.29, 1.82) is 0 Å². The molecule has 7 heteroatoms. The molecule has 0 amide bonds. The minimum absolute atomic E-state index is 0.0163. The van der Waals surface area contributed by atoms with Crippen LogP contribution in [0, 0.1) is 0 Å². The molecular formula is C20H17ClN2O4. The number of carbonyl (C=O) groups excluding carboxylic acids is 2. The van der Waals surface area contributed by atoms with E-state index in [1.165, 1.54) is 4.68 Å². The van der Waals surface area contributed by atoms with Gasteiger partial charge in [0.25, 0.3) is 5.56 Å². The van der Waals surface area contributed by atoms with Crippen molar-refractivity contribution in [2.24, 2.45) is 0 Å². The standard InChI is InChI=1S/C20H17ClN2O4/c1-2-11-23-19(25)16-6-4-3-5-15(16)18(22-23)20(26)27-12-17(24)13-7-9-14(21)10-8-13/h3-10H,2,11-12H2,1H3.